The Balaban J connectivity index is 1.56. The molecule has 166 valence electrons. The summed E-state index contributed by atoms with van der Waals surface area (Å²) < 4.78 is 1.57. The quantitative estimate of drug-likeness (QED) is 0.279. The van der Waals surface area contributed by atoms with Crippen LogP contribution < -0.4 is 10.9 Å². The van der Waals surface area contributed by atoms with Crippen molar-refractivity contribution in [3.63, 3.8) is 0 Å². The minimum Gasteiger partial charge on any atom is -0.349 e. The van der Waals surface area contributed by atoms with Gasteiger partial charge in [-0.25, -0.2) is 4.98 Å². The molecule has 0 aliphatic carbocycles. The third kappa shape index (κ3) is 4.03. The number of aryl methyl sites for hydroxylation is 2. The molecule has 0 saturated heterocycles. The molecule has 0 fully saturated rings. The number of carbonyl (C=O) groups is 1. The molecule has 0 unspecified atom stereocenters. The standard InChI is InChI=1S/C23H20N6O2S2/c1-3-18-27-28-22(33-18)25-17(30)12-32-23-26-19-14-9-5-6-10-15(14)24-20(19)21(31)29(23)16-11-7-4-8-13(16)2/h4-11,24H,3,12H2,1-2H3,(H,25,28,30). The molecule has 3 heterocycles. The summed E-state index contributed by atoms with van der Waals surface area (Å²) in [7, 11) is 0. The highest BCUT2D eigenvalue weighted by Gasteiger charge is 2.19. The van der Waals surface area contributed by atoms with Gasteiger partial charge < -0.3 is 4.98 Å². The maximum atomic E-state index is 13.6. The predicted octanol–water partition coefficient (Wildman–Crippen LogP) is 4.32. The second kappa shape index (κ2) is 8.80. The van der Waals surface area contributed by atoms with Crippen LogP contribution in [0, 0.1) is 6.92 Å². The first-order valence-electron chi connectivity index (χ1n) is 10.4. The molecule has 0 spiro atoms. The highest BCUT2D eigenvalue weighted by Crippen LogP contribution is 2.27. The Kier molecular flexibility index (Phi) is 5.69. The molecular weight excluding hydrogens is 456 g/mol. The number of aromatic nitrogens is 5. The lowest BCUT2D eigenvalue weighted by Gasteiger charge is -2.14. The Morgan fingerprint density at radius 1 is 1.15 bits per heavy atom. The average Bonchev–Trinajstić information content (AvgIpc) is 3.43. The van der Waals surface area contributed by atoms with E-state index in [1.165, 1.54) is 23.1 Å². The molecule has 0 atom stereocenters. The number of H-pyrrole nitrogens is 1. The fraction of sp³-hybridized carbons (Fsp3) is 0.174. The van der Waals surface area contributed by atoms with Crippen LogP contribution in [0.25, 0.3) is 27.6 Å². The zero-order valence-corrected chi connectivity index (χ0v) is 19.6. The third-order valence-electron chi connectivity index (χ3n) is 5.20. The molecule has 5 aromatic rings. The number of aromatic amines is 1. The number of para-hydroxylation sites is 2. The Hall–Kier alpha value is -3.50. The fourth-order valence-corrected chi connectivity index (χ4v) is 5.09. The summed E-state index contributed by atoms with van der Waals surface area (Å²) in [5, 5.41) is 13.4. The molecule has 2 N–H and O–H groups in total. The van der Waals surface area contributed by atoms with E-state index in [1.54, 1.807) is 4.57 Å². The molecule has 10 heteroatoms. The molecule has 8 nitrogen and oxygen atoms in total. The minimum absolute atomic E-state index is 0.0766. The van der Waals surface area contributed by atoms with Gasteiger partial charge in [0.25, 0.3) is 5.56 Å². The number of nitrogens with one attached hydrogen (secondary N) is 2. The highest BCUT2D eigenvalue weighted by molar-refractivity contribution is 7.99. The molecule has 3 aromatic heterocycles. The first kappa shape index (κ1) is 21.4. The van der Waals surface area contributed by atoms with Crippen LogP contribution in [0.4, 0.5) is 5.13 Å². The fourth-order valence-electron chi connectivity index (χ4n) is 3.60. The van der Waals surface area contributed by atoms with E-state index < -0.39 is 0 Å². The lowest BCUT2D eigenvalue weighted by atomic mass is 10.2. The van der Waals surface area contributed by atoms with Gasteiger partial charge in [0.15, 0.2) is 5.16 Å². The van der Waals surface area contributed by atoms with E-state index in [9.17, 15) is 9.59 Å². The van der Waals surface area contributed by atoms with E-state index >= 15 is 0 Å². The first-order chi connectivity index (χ1) is 16.0. The number of amides is 1. The summed E-state index contributed by atoms with van der Waals surface area (Å²) in [5.74, 6) is -0.156. The summed E-state index contributed by atoms with van der Waals surface area (Å²) in [4.78, 5) is 34.2. The number of nitrogens with zero attached hydrogens (tertiary/aromatic N) is 4. The van der Waals surface area contributed by atoms with Crippen molar-refractivity contribution in [2.75, 3.05) is 11.1 Å². The number of hydrogen-bond acceptors (Lipinski definition) is 7. The molecule has 33 heavy (non-hydrogen) atoms. The zero-order chi connectivity index (χ0) is 22.9. The van der Waals surface area contributed by atoms with Crippen molar-refractivity contribution in [1.82, 2.24) is 24.7 Å². The third-order valence-corrected chi connectivity index (χ3v) is 7.12. The van der Waals surface area contributed by atoms with E-state index in [2.05, 4.69) is 20.5 Å². The van der Waals surface area contributed by atoms with Crippen LogP contribution in [0.5, 0.6) is 0 Å². The highest BCUT2D eigenvalue weighted by atomic mass is 32.2. The van der Waals surface area contributed by atoms with Crippen molar-refractivity contribution >= 4 is 56.1 Å². The van der Waals surface area contributed by atoms with Gasteiger partial charge in [0, 0.05) is 10.9 Å². The SMILES string of the molecule is CCc1nnc(NC(=O)CSc2nc3c([nH]c4ccccc43)c(=O)n2-c2ccccc2C)s1. The van der Waals surface area contributed by atoms with E-state index in [4.69, 9.17) is 4.98 Å². The Morgan fingerprint density at radius 2 is 1.94 bits per heavy atom. The maximum Gasteiger partial charge on any atom is 0.283 e. The predicted molar refractivity (Wildman–Crippen MR) is 133 cm³/mol. The van der Waals surface area contributed by atoms with E-state index in [0.29, 0.717) is 21.3 Å². The molecule has 5 rings (SSSR count). The lowest BCUT2D eigenvalue weighted by molar-refractivity contribution is -0.113. The number of carbonyl (C=O) groups excluding carboxylic acids is 1. The van der Waals surface area contributed by atoms with Gasteiger partial charge in [-0.1, -0.05) is 66.4 Å². The Morgan fingerprint density at radius 3 is 2.73 bits per heavy atom. The smallest absolute Gasteiger partial charge is 0.283 e. The zero-order valence-electron chi connectivity index (χ0n) is 18.0. The van der Waals surface area contributed by atoms with Gasteiger partial charge in [-0.3, -0.25) is 19.5 Å². The minimum atomic E-state index is -0.233. The van der Waals surface area contributed by atoms with Crippen LogP contribution in [0.15, 0.2) is 58.5 Å². The van der Waals surface area contributed by atoms with Gasteiger partial charge in [-0.05, 0) is 31.0 Å². The number of benzene rings is 2. The normalized spacial score (nSPS) is 11.3. The summed E-state index contributed by atoms with van der Waals surface area (Å²) in [6.45, 7) is 3.93. The van der Waals surface area contributed by atoms with Crippen molar-refractivity contribution < 1.29 is 4.79 Å². The number of hydrogen-bond donors (Lipinski definition) is 2. The van der Waals surface area contributed by atoms with Crippen LogP contribution in [-0.2, 0) is 11.2 Å². The maximum absolute atomic E-state index is 13.6. The Bertz CT molecular complexity index is 1550. The lowest BCUT2D eigenvalue weighted by Crippen LogP contribution is -2.23. The number of thioether (sulfide) groups is 1. The average molecular weight is 477 g/mol. The summed E-state index contributed by atoms with van der Waals surface area (Å²) in [6.07, 6.45) is 0.763. The van der Waals surface area contributed by atoms with E-state index in [-0.39, 0.29) is 17.2 Å². The second-order valence-corrected chi connectivity index (χ2v) is 9.41. The first-order valence-corrected chi connectivity index (χ1v) is 12.2. The van der Waals surface area contributed by atoms with Gasteiger partial charge in [0.1, 0.15) is 16.0 Å². The summed E-state index contributed by atoms with van der Waals surface area (Å²) in [6, 6.07) is 15.3. The van der Waals surface area contributed by atoms with Gasteiger partial charge in [-0.15, -0.1) is 10.2 Å². The van der Waals surface area contributed by atoms with Crippen LogP contribution in [0.3, 0.4) is 0 Å². The van der Waals surface area contributed by atoms with Crippen LogP contribution >= 0.6 is 23.1 Å². The molecule has 1 amide bonds. The molecule has 0 bridgehead atoms. The van der Waals surface area contributed by atoms with Gasteiger partial charge in [0.05, 0.1) is 11.4 Å². The second-order valence-electron chi connectivity index (χ2n) is 7.41. The molecule has 0 radical (unpaired) electrons. The number of fused-ring (bicyclic) bond motifs is 3. The van der Waals surface area contributed by atoms with Gasteiger partial charge in [0.2, 0.25) is 11.0 Å². The van der Waals surface area contributed by atoms with E-state index in [1.807, 2.05) is 62.4 Å². The van der Waals surface area contributed by atoms with Crippen molar-refractivity contribution in [2.45, 2.75) is 25.4 Å². The van der Waals surface area contributed by atoms with Crippen molar-refractivity contribution in [3.8, 4) is 5.69 Å². The largest absolute Gasteiger partial charge is 0.349 e. The Labute approximate surface area is 197 Å². The molecule has 0 saturated carbocycles. The van der Waals surface area contributed by atoms with E-state index in [0.717, 1.165) is 33.6 Å². The van der Waals surface area contributed by atoms with Crippen molar-refractivity contribution in [3.05, 3.63) is 69.5 Å². The number of anilines is 1. The topological polar surface area (TPSA) is 106 Å². The summed E-state index contributed by atoms with van der Waals surface area (Å²) in [5.41, 5.74) is 3.34. The molecular formula is C23H20N6O2S2. The van der Waals surface area contributed by atoms with Crippen LogP contribution in [-0.4, -0.2) is 36.4 Å². The van der Waals surface area contributed by atoms with Crippen LogP contribution in [0.2, 0.25) is 0 Å². The molecule has 0 aliphatic rings. The summed E-state index contributed by atoms with van der Waals surface area (Å²) >= 11 is 2.57. The number of rotatable bonds is 6. The van der Waals surface area contributed by atoms with Crippen LogP contribution in [0.1, 0.15) is 17.5 Å². The molecule has 2 aromatic carbocycles. The molecule has 0 aliphatic heterocycles. The van der Waals surface area contributed by atoms with Crippen molar-refractivity contribution in [2.24, 2.45) is 0 Å². The monoisotopic (exact) mass is 476 g/mol. The van der Waals surface area contributed by atoms with Crippen molar-refractivity contribution in [1.29, 1.82) is 0 Å². The van der Waals surface area contributed by atoms with Gasteiger partial charge in [-0.2, -0.15) is 0 Å². The van der Waals surface area contributed by atoms with Gasteiger partial charge >= 0.3 is 0 Å².